The van der Waals surface area contributed by atoms with Gasteiger partial charge in [0.1, 0.15) is 11.3 Å². The highest BCUT2D eigenvalue weighted by atomic mass is 16.2. The van der Waals surface area contributed by atoms with Gasteiger partial charge in [-0.05, 0) is 23.8 Å². The van der Waals surface area contributed by atoms with Crippen LogP contribution in [0.25, 0.3) is 0 Å². The van der Waals surface area contributed by atoms with Crippen LogP contribution >= 0.6 is 0 Å². The lowest BCUT2D eigenvalue weighted by Crippen LogP contribution is -2.39. The molecule has 35 heavy (non-hydrogen) atoms. The quantitative estimate of drug-likeness (QED) is 0.559. The highest BCUT2D eigenvalue weighted by Crippen LogP contribution is 2.31. The van der Waals surface area contributed by atoms with Gasteiger partial charge in [-0.1, -0.05) is 11.3 Å². The molecule has 1 saturated heterocycles. The molecule has 1 N–H and O–H groups in total. The number of likely N-dealkylation sites (tertiary alicyclic amines) is 1. The number of pyridine rings is 2. The van der Waals surface area contributed by atoms with Crippen LogP contribution in [0.3, 0.4) is 0 Å². The van der Waals surface area contributed by atoms with Crippen molar-refractivity contribution >= 4 is 11.8 Å². The Balaban J connectivity index is 1.44. The minimum atomic E-state index is -0.378. The third-order valence-electron chi connectivity index (χ3n) is 6.66. The van der Waals surface area contributed by atoms with Crippen molar-refractivity contribution in [3.8, 4) is 0 Å². The molecule has 0 unspecified atom stereocenters. The smallest absolute Gasteiger partial charge is 0.263 e. The first-order valence-electron chi connectivity index (χ1n) is 11.7. The van der Waals surface area contributed by atoms with Crippen molar-refractivity contribution in [3.63, 3.8) is 0 Å². The summed E-state index contributed by atoms with van der Waals surface area (Å²) in [6.07, 6.45) is 7.44. The summed E-state index contributed by atoms with van der Waals surface area (Å²) in [4.78, 5) is 46.5. The molecule has 5 rings (SSSR count). The number of rotatable bonds is 2. The molecule has 0 aromatic carbocycles. The Morgan fingerprint density at radius 1 is 1.14 bits per heavy atom. The van der Waals surface area contributed by atoms with Gasteiger partial charge in [-0.25, -0.2) is 4.68 Å². The lowest BCUT2D eigenvalue weighted by atomic mass is 9.99. The number of nitrogens with one attached hydrogen (secondary N) is 1. The van der Waals surface area contributed by atoms with E-state index >= 15 is 0 Å². The zero-order valence-corrected chi connectivity index (χ0v) is 19.6. The van der Waals surface area contributed by atoms with Crippen molar-refractivity contribution in [2.75, 3.05) is 33.2 Å². The van der Waals surface area contributed by atoms with Crippen LogP contribution in [0.5, 0.6) is 0 Å². The van der Waals surface area contributed by atoms with E-state index in [-0.39, 0.29) is 41.4 Å². The van der Waals surface area contributed by atoms with E-state index in [1.807, 2.05) is 29.2 Å². The number of aromatic nitrogens is 5. The standard InChI is InChI=1S/C24H28N8O3/c1-29-9-7-26-22(33)10-18-13-30(12-17-4-2-6-25-11-17)16-21(18)32-15-19(27-28-32)14-31-8-3-5-20(23(29)34)24(31)35/h2-6,8,11,15,18,21H,7,9-10,12-14,16H2,1H3,(H,26,33)/t18-,21+/m0/s1. The van der Waals surface area contributed by atoms with Crippen molar-refractivity contribution in [1.29, 1.82) is 0 Å². The SMILES string of the molecule is CN1CCNC(=O)C[C@H]2CN(Cc3cccnc3)C[C@H]2n2cc(nn2)Cn2cccc(c2=O)C1=O. The first-order chi connectivity index (χ1) is 17.0. The van der Waals surface area contributed by atoms with Crippen LogP contribution in [0.2, 0.25) is 0 Å². The largest absolute Gasteiger partial charge is 0.354 e. The fraction of sp³-hybridized carbons (Fsp3) is 0.417. The van der Waals surface area contributed by atoms with Crippen molar-refractivity contribution in [1.82, 2.24) is 39.7 Å². The molecule has 4 bridgehead atoms. The number of likely N-dealkylation sites (N-methyl/N-ethyl adjacent to an activating group) is 1. The average molecular weight is 477 g/mol. The van der Waals surface area contributed by atoms with Gasteiger partial charge >= 0.3 is 0 Å². The highest BCUT2D eigenvalue weighted by Gasteiger charge is 2.36. The van der Waals surface area contributed by atoms with Gasteiger partial charge in [0, 0.05) is 70.7 Å². The molecule has 2 aliphatic heterocycles. The van der Waals surface area contributed by atoms with Crippen LogP contribution in [0.15, 0.2) is 53.8 Å². The molecule has 11 nitrogen and oxygen atoms in total. The van der Waals surface area contributed by atoms with Gasteiger partial charge in [0.05, 0.1) is 18.8 Å². The van der Waals surface area contributed by atoms with E-state index in [0.29, 0.717) is 25.2 Å². The summed E-state index contributed by atoms with van der Waals surface area (Å²) in [6.45, 7) is 3.03. The summed E-state index contributed by atoms with van der Waals surface area (Å²) in [5.74, 6) is -0.408. The normalized spacial score (nSPS) is 21.6. The maximum Gasteiger partial charge on any atom is 0.263 e. The summed E-state index contributed by atoms with van der Waals surface area (Å²) in [6, 6.07) is 7.14. The third kappa shape index (κ3) is 4.99. The summed E-state index contributed by atoms with van der Waals surface area (Å²) in [5.41, 5.74) is 1.44. The van der Waals surface area contributed by atoms with Gasteiger partial charge in [0.25, 0.3) is 11.5 Å². The van der Waals surface area contributed by atoms with Crippen molar-refractivity contribution in [2.45, 2.75) is 25.6 Å². The molecule has 0 spiro atoms. The Kier molecular flexibility index (Phi) is 6.41. The molecule has 3 aromatic rings. The van der Waals surface area contributed by atoms with E-state index in [9.17, 15) is 14.4 Å². The molecule has 5 heterocycles. The molecule has 2 amide bonds. The number of fused-ring (bicyclic) bond motifs is 6. The Morgan fingerprint density at radius 2 is 2.03 bits per heavy atom. The summed E-state index contributed by atoms with van der Waals surface area (Å²) < 4.78 is 3.29. The molecular weight excluding hydrogens is 448 g/mol. The van der Waals surface area contributed by atoms with Gasteiger partial charge in [0.15, 0.2) is 0 Å². The fourth-order valence-electron chi connectivity index (χ4n) is 4.85. The Bertz CT molecular complexity index is 1270. The van der Waals surface area contributed by atoms with Crippen molar-refractivity contribution < 1.29 is 9.59 Å². The van der Waals surface area contributed by atoms with Gasteiger partial charge in [-0.15, -0.1) is 5.10 Å². The number of amides is 2. The van der Waals surface area contributed by atoms with E-state index < -0.39 is 0 Å². The van der Waals surface area contributed by atoms with Crippen molar-refractivity contribution in [2.24, 2.45) is 5.92 Å². The monoisotopic (exact) mass is 476 g/mol. The molecule has 0 aliphatic carbocycles. The third-order valence-corrected chi connectivity index (χ3v) is 6.66. The second-order valence-corrected chi connectivity index (χ2v) is 9.21. The van der Waals surface area contributed by atoms with Gasteiger partial charge in [-0.3, -0.25) is 24.3 Å². The zero-order valence-electron chi connectivity index (χ0n) is 19.6. The van der Waals surface area contributed by atoms with Crippen LogP contribution < -0.4 is 10.9 Å². The lowest BCUT2D eigenvalue weighted by Gasteiger charge is -2.20. The first-order valence-corrected chi connectivity index (χ1v) is 11.7. The highest BCUT2D eigenvalue weighted by molar-refractivity contribution is 5.93. The van der Waals surface area contributed by atoms with Crippen LogP contribution in [0.4, 0.5) is 0 Å². The second-order valence-electron chi connectivity index (χ2n) is 9.21. The van der Waals surface area contributed by atoms with Gasteiger partial charge in [0.2, 0.25) is 5.91 Å². The summed E-state index contributed by atoms with van der Waals surface area (Å²) in [7, 11) is 1.63. The predicted molar refractivity (Wildman–Crippen MR) is 126 cm³/mol. The molecule has 0 radical (unpaired) electrons. The number of carbonyl (C=O) groups is 2. The fourth-order valence-corrected chi connectivity index (χ4v) is 4.85. The van der Waals surface area contributed by atoms with Crippen LogP contribution in [-0.2, 0) is 17.9 Å². The summed E-state index contributed by atoms with van der Waals surface area (Å²) in [5, 5.41) is 11.6. The number of hydrogen-bond acceptors (Lipinski definition) is 7. The minimum Gasteiger partial charge on any atom is -0.354 e. The predicted octanol–water partition coefficient (Wildman–Crippen LogP) is 0.148. The summed E-state index contributed by atoms with van der Waals surface area (Å²) >= 11 is 0. The lowest BCUT2D eigenvalue weighted by molar-refractivity contribution is -0.122. The molecule has 0 saturated carbocycles. The van der Waals surface area contributed by atoms with Gasteiger partial charge in [-0.2, -0.15) is 0 Å². The van der Waals surface area contributed by atoms with Crippen LogP contribution in [-0.4, -0.2) is 79.4 Å². The number of nitrogens with zero attached hydrogens (tertiary/aromatic N) is 7. The Hall–Kier alpha value is -3.86. The van der Waals surface area contributed by atoms with Gasteiger partial charge < -0.3 is 14.8 Å². The molecule has 1 fully saturated rings. The molecule has 182 valence electrons. The second kappa shape index (κ2) is 9.79. The molecule has 11 heteroatoms. The minimum absolute atomic E-state index is 0.0288. The maximum absolute atomic E-state index is 13.0. The maximum atomic E-state index is 13.0. The number of hydrogen-bond donors (Lipinski definition) is 1. The zero-order chi connectivity index (χ0) is 24.4. The van der Waals surface area contributed by atoms with E-state index in [4.69, 9.17) is 0 Å². The molecule has 2 atom stereocenters. The van der Waals surface area contributed by atoms with Crippen molar-refractivity contribution in [3.05, 3.63) is 76.2 Å². The first kappa shape index (κ1) is 22.9. The van der Waals surface area contributed by atoms with Crippen LogP contribution in [0, 0.1) is 5.92 Å². The van der Waals surface area contributed by atoms with E-state index in [1.165, 1.54) is 15.5 Å². The number of carbonyl (C=O) groups excluding carboxylic acids is 2. The van der Waals surface area contributed by atoms with E-state index in [1.54, 1.807) is 25.5 Å². The average Bonchev–Trinajstić information content (AvgIpc) is 3.46. The molecule has 2 aliphatic rings. The van der Waals surface area contributed by atoms with E-state index in [2.05, 4.69) is 25.5 Å². The topological polar surface area (TPSA) is 118 Å². The molecule has 3 aromatic heterocycles. The Labute approximate surface area is 202 Å². The van der Waals surface area contributed by atoms with E-state index in [0.717, 1.165) is 25.2 Å². The van der Waals surface area contributed by atoms with Crippen LogP contribution in [0.1, 0.15) is 34.1 Å². The Morgan fingerprint density at radius 3 is 2.86 bits per heavy atom. The molecular formula is C24H28N8O3.